The molecule has 2 heterocycles. The molecule has 4 aromatic rings. The average Bonchev–Trinajstić information content (AvgIpc) is 4.00. The lowest BCUT2D eigenvalue weighted by atomic mass is 10.1. The predicted octanol–water partition coefficient (Wildman–Crippen LogP) is 9.51. The van der Waals surface area contributed by atoms with Crippen molar-refractivity contribution in [3.63, 3.8) is 0 Å². The molecule has 2 aromatic heterocycles. The van der Waals surface area contributed by atoms with Gasteiger partial charge in [0.25, 0.3) is 0 Å². The first kappa shape index (κ1) is 41.5. The molecule has 0 amide bonds. The number of carboxylic acid groups (broad SMARTS) is 2. The number of benzene rings is 2. The summed E-state index contributed by atoms with van der Waals surface area (Å²) in [6.07, 6.45) is 7.24. The summed E-state index contributed by atoms with van der Waals surface area (Å²) in [7, 11) is -2.37. The van der Waals surface area contributed by atoms with Crippen molar-refractivity contribution >= 4 is 51.3 Å². The van der Waals surface area contributed by atoms with Crippen LogP contribution in [0.4, 0.5) is 0 Å². The molecular weight excluding hydrogens is 768 g/mol. The largest absolute Gasteiger partial charge is 0.490 e. The summed E-state index contributed by atoms with van der Waals surface area (Å²) >= 11 is 12.3. The molecule has 54 heavy (non-hydrogen) atoms. The number of nitrogens with zero attached hydrogens (tertiary/aromatic N) is 4. The van der Waals surface area contributed by atoms with Crippen molar-refractivity contribution in [1.82, 2.24) is 19.6 Å². The summed E-state index contributed by atoms with van der Waals surface area (Å²) in [6.45, 7) is 15.4. The number of aromatic carboxylic acids is 2. The maximum Gasteiger partial charge on any atom is 0.339 e. The quantitative estimate of drug-likeness (QED) is 0.0735. The fourth-order valence-corrected chi connectivity index (χ4v) is 7.00. The minimum absolute atomic E-state index is 0.103. The van der Waals surface area contributed by atoms with E-state index in [0.717, 1.165) is 37.8 Å². The molecule has 2 aliphatic carbocycles. The molecule has 2 fully saturated rings. The molecule has 0 bridgehead atoms. The first-order valence-corrected chi connectivity index (χ1v) is 26.3. The van der Waals surface area contributed by atoms with E-state index in [1.54, 1.807) is 41.1 Å². The van der Waals surface area contributed by atoms with Gasteiger partial charge in [-0.05, 0) is 74.2 Å². The van der Waals surface area contributed by atoms with Crippen LogP contribution in [0.1, 0.15) is 46.4 Å². The van der Waals surface area contributed by atoms with Crippen LogP contribution in [0.15, 0.2) is 48.8 Å². The van der Waals surface area contributed by atoms with Gasteiger partial charge in [0.2, 0.25) is 0 Å². The van der Waals surface area contributed by atoms with Gasteiger partial charge in [-0.3, -0.25) is 0 Å². The van der Waals surface area contributed by atoms with Crippen LogP contribution >= 0.6 is 23.2 Å². The number of carbonyl (C=O) groups is 2. The van der Waals surface area contributed by atoms with Gasteiger partial charge < -0.3 is 29.2 Å². The van der Waals surface area contributed by atoms with Crippen LogP contribution in [0.3, 0.4) is 0 Å². The Hall–Kier alpha value is -3.67. The van der Waals surface area contributed by atoms with E-state index < -0.39 is 28.1 Å². The number of ether oxygens (including phenoxy) is 4. The zero-order valence-corrected chi connectivity index (χ0v) is 35.2. The molecule has 12 nitrogen and oxygen atoms in total. The van der Waals surface area contributed by atoms with Gasteiger partial charge in [-0.25, -0.2) is 19.0 Å². The van der Waals surface area contributed by atoms with Gasteiger partial charge in [0.05, 0.1) is 24.1 Å². The lowest BCUT2D eigenvalue weighted by Gasteiger charge is -2.17. The Labute approximate surface area is 328 Å². The standard InChI is InChI=1S/2C19H25ClN2O4Si/c1-27(2,3)9-8-25-12-22-11-16(19(23)24)18(21-22)15-10-13(20)4-7-17(15)26-14-5-6-14;1-27(2,3)9-8-25-12-22-18(16(11-21-22)19(23)24)15-10-13(20)4-7-17(15)26-14-5-6-14/h2*4,7,10-11,14H,5-6,8-9,12H2,1-3H3,(H,23,24). The predicted molar refractivity (Wildman–Crippen MR) is 215 cm³/mol. The average molecular weight is 818 g/mol. The summed E-state index contributed by atoms with van der Waals surface area (Å²) < 4.78 is 26.4. The van der Waals surface area contributed by atoms with Crippen molar-refractivity contribution in [3.8, 4) is 34.0 Å². The molecule has 2 N–H and O–H groups in total. The third-order valence-electron chi connectivity index (χ3n) is 8.52. The zero-order valence-electron chi connectivity index (χ0n) is 31.7. The fourth-order valence-electron chi connectivity index (χ4n) is 5.14. The van der Waals surface area contributed by atoms with E-state index in [-0.39, 0.29) is 36.8 Å². The topological polar surface area (TPSA) is 147 Å². The van der Waals surface area contributed by atoms with Crippen molar-refractivity contribution in [2.45, 2.75) is 103 Å². The summed E-state index contributed by atoms with van der Waals surface area (Å²) in [6, 6.07) is 12.5. The highest BCUT2D eigenvalue weighted by molar-refractivity contribution is 6.76. The lowest BCUT2D eigenvalue weighted by Crippen LogP contribution is -2.22. The van der Waals surface area contributed by atoms with Gasteiger partial charge in [-0.15, -0.1) is 0 Å². The molecule has 2 aliphatic rings. The van der Waals surface area contributed by atoms with Gasteiger partial charge in [-0.2, -0.15) is 10.2 Å². The van der Waals surface area contributed by atoms with E-state index >= 15 is 0 Å². The van der Waals surface area contributed by atoms with E-state index in [4.69, 9.17) is 42.1 Å². The Balaban J connectivity index is 0.000000208. The van der Waals surface area contributed by atoms with Gasteiger partial charge in [0.1, 0.15) is 41.8 Å². The number of carboxylic acids is 2. The molecule has 0 aliphatic heterocycles. The normalized spacial score (nSPS) is 14.4. The third-order valence-corrected chi connectivity index (χ3v) is 12.4. The second kappa shape index (κ2) is 17.9. The highest BCUT2D eigenvalue weighted by atomic mass is 35.5. The Bertz CT molecular complexity index is 1920. The van der Waals surface area contributed by atoms with Gasteiger partial charge >= 0.3 is 11.9 Å². The minimum Gasteiger partial charge on any atom is -0.490 e. The third kappa shape index (κ3) is 12.4. The number of rotatable bonds is 18. The number of hydrogen-bond acceptors (Lipinski definition) is 8. The molecule has 16 heteroatoms. The van der Waals surface area contributed by atoms with E-state index in [1.807, 2.05) is 0 Å². The van der Waals surface area contributed by atoms with Crippen molar-refractivity contribution in [2.24, 2.45) is 0 Å². The van der Waals surface area contributed by atoms with E-state index in [2.05, 4.69) is 49.5 Å². The molecule has 6 rings (SSSR count). The summed E-state index contributed by atoms with van der Waals surface area (Å²) in [4.78, 5) is 23.5. The minimum atomic E-state index is -1.20. The Morgan fingerprint density at radius 3 is 1.76 bits per heavy atom. The van der Waals surface area contributed by atoms with Crippen LogP contribution in [0.25, 0.3) is 22.5 Å². The molecular formula is C38H50Cl2N4O8Si2. The van der Waals surface area contributed by atoms with Crippen molar-refractivity contribution in [2.75, 3.05) is 13.2 Å². The van der Waals surface area contributed by atoms with Crippen molar-refractivity contribution < 1.29 is 38.7 Å². The van der Waals surface area contributed by atoms with Gasteiger partial charge in [0.15, 0.2) is 0 Å². The van der Waals surface area contributed by atoms with Gasteiger partial charge in [-0.1, -0.05) is 62.5 Å². The summed E-state index contributed by atoms with van der Waals surface area (Å²) in [5.74, 6) is -0.867. The van der Waals surface area contributed by atoms with E-state index in [0.29, 0.717) is 57.3 Å². The highest BCUT2D eigenvalue weighted by Gasteiger charge is 2.29. The first-order chi connectivity index (χ1) is 25.5. The number of aromatic nitrogens is 4. The molecule has 0 saturated heterocycles. The highest BCUT2D eigenvalue weighted by Crippen LogP contribution is 2.39. The molecule has 0 radical (unpaired) electrons. The second-order valence-corrected chi connectivity index (χ2v) is 28.2. The van der Waals surface area contributed by atoms with Crippen molar-refractivity contribution in [1.29, 1.82) is 0 Å². The summed E-state index contributed by atoms with van der Waals surface area (Å²) in [5.41, 5.74) is 2.22. The van der Waals surface area contributed by atoms with Crippen LogP contribution in [0.5, 0.6) is 11.5 Å². The molecule has 0 spiro atoms. The van der Waals surface area contributed by atoms with E-state index in [1.165, 1.54) is 17.1 Å². The smallest absolute Gasteiger partial charge is 0.339 e. The maximum atomic E-state index is 11.7. The van der Waals surface area contributed by atoms with E-state index in [9.17, 15) is 19.8 Å². The number of hydrogen-bond donors (Lipinski definition) is 2. The van der Waals surface area contributed by atoms with Crippen LogP contribution < -0.4 is 9.47 Å². The number of halogens is 2. The van der Waals surface area contributed by atoms with Crippen LogP contribution in [-0.4, -0.2) is 83.3 Å². The Morgan fingerprint density at radius 2 is 1.26 bits per heavy atom. The Kier molecular flexibility index (Phi) is 13.7. The fraction of sp³-hybridized carbons (Fsp3) is 0.474. The van der Waals surface area contributed by atoms with Crippen LogP contribution in [0, 0.1) is 0 Å². The van der Waals surface area contributed by atoms with Crippen LogP contribution in [-0.2, 0) is 22.9 Å². The van der Waals surface area contributed by atoms with Crippen LogP contribution in [0.2, 0.25) is 61.4 Å². The monoisotopic (exact) mass is 816 g/mol. The first-order valence-electron chi connectivity index (χ1n) is 18.2. The molecule has 2 saturated carbocycles. The molecule has 292 valence electrons. The maximum absolute atomic E-state index is 11.7. The second-order valence-electron chi connectivity index (χ2n) is 16.1. The van der Waals surface area contributed by atoms with Crippen molar-refractivity contribution in [3.05, 3.63) is 70.0 Å². The Morgan fingerprint density at radius 1 is 0.759 bits per heavy atom. The summed E-state index contributed by atoms with van der Waals surface area (Å²) in [5, 5.41) is 28.9. The zero-order chi connectivity index (χ0) is 39.2. The molecule has 0 unspecified atom stereocenters. The molecule has 0 atom stereocenters. The lowest BCUT2D eigenvalue weighted by molar-refractivity contribution is 0.0683. The molecule has 2 aromatic carbocycles. The van der Waals surface area contributed by atoms with Gasteiger partial charge in [0, 0.05) is 56.7 Å². The SMILES string of the molecule is C[Si](C)(C)CCOCn1cc(C(=O)O)c(-c2cc(Cl)ccc2OC2CC2)n1.C[Si](C)(C)CCOCn1ncc(C(=O)O)c1-c1cc(Cl)ccc1OC1CC1.